The van der Waals surface area contributed by atoms with Crippen molar-refractivity contribution in [1.29, 1.82) is 0 Å². The summed E-state index contributed by atoms with van der Waals surface area (Å²) in [5, 5.41) is 8.99. The Morgan fingerprint density at radius 3 is 2.39 bits per heavy atom. The lowest BCUT2D eigenvalue weighted by Gasteiger charge is -2.31. The van der Waals surface area contributed by atoms with Gasteiger partial charge in [0.2, 0.25) is 5.91 Å². The zero-order chi connectivity index (χ0) is 16.4. The van der Waals surface area contributed by atoms with Gasteiger partial charge in [-0.05, 0) is 24.3 Å². The standard InChI is InChI=1S/C16H20FN3O3/c17-12-1-3-13(4-2-12)20-15(22)11-14(16(20)23)19-7-5-18(6-8-19)9-10-21/h1-4,14,21H,5-11H2/p+2/t14-/m1/s1. The van der Waals surface area contributed by atoms with E-state index in [1.54, 1.807) is 0 Å². The molecule has 0 unspecified atom stereocenters. The van der Waals surface area contributed by atoms with Gasteiger partial charge in [-0.2, -0.15) is 0 Å². The highest BCUT2D eigenvalue weighted by Crippen LogP contribution is 2.22. The van der Waals surface area contributed by atoms with Gasteiger partial charge in [0.15, 0.2) is 6.04 Å². The number of hydrogen-bond acceptors (Lipinski definition) is 3. The normalized spacial score (nSPS) is 28.4. The van der Waals surface area contributed by atoms with Crippen LogP contribution in [0.25, 0.3) is 0 Å². The van der Waals surface area contributed by atoms with Gasteiger partial charge in [0.05, 0.1) is 18.7 Å². The Hall–Kier alpha value is -1.83. The summed E-state index contributed by atoms with van der Waals surface area (Å²) in [5.41, 5.74) is 0.438. The lowest BCUT2D eigenvalue weighted by Crippen LogP contribution is -3.30. The van der Waals surface area contributed by atoms with E-state index in [-0.39, 0.29) is 30.9 Å². The summed E-state index contributed by atoms with van der Waals surface area (Å²) in [7, 11) is 0. The zero-order valence-electron chi connectivity index (χ0n) is 12.9. The fraction of sp³-hybridized carbons (Fsp3) is 0.500. The Labute approximate surface area is 134 Å². The summed E-state index contributed by atoms with van der Waals surface area (Å²) in [5.74, 6) is -0.801. The Balaban J connectivity index is 1.68. The van der Waals surface area contributed by atoms with E-state index in [9.17, 15) is 14.0 Å². The number of carbonyl (C=O) groups is 2. The van der Waals surface area contributed by atoms with Gasteiger partial charge in [-0.1, -0.05) is 0 Å². The molecule has 7 heteroatoms. The number of hydrogen-bond donors (Lipinski definition) is 3. The quantitative estimate of drug-likeness (QED) is 0.526. The van der Waals surface area contributed by atoms with E-state index in [2.05, 4.69) is 0 Å². The maximum absolute atomic E-state index is 13.0. The predicted molar refractivity (Wildman–Crippen MR) is 80.6 cm³/mol. The summed E-state index contributed by atoms with van der Waals surface area (Å²) in [4.78, 5) is 28.6. The van der Waals surface area contributed by atoms with Crippen LogP contribution in [0.3, 0.4) is 0 Å². The summed E-state index contributed by atoms with van der Waals surface area (Å²) >= 11 is 0. The summed E-state index contributed by atoms with van der Waals surface area (Å²) in [6.45, 7) is 4.32. The zero-order valence-corrected chi connectivity index (χ0v) is 12.9. The molecular weight excluding hydrogens is 301 g/mol. The molecule has 2 fully saturated rings. The molecule has 0 spiro atoms. The number of nitrogens with one attached hydrogen (secondary N) is 2. The number of halogens is 1. The van der Waals surface area contributed by atoms with Crippen LogP contribution in [0.2, 0.25) is 0 Å². The van der Waals surface area contributed by atoms with Crippen LogP contribution in [-0.4, -0.2) is 62.3 Å². The SMILES string of the molecule is O=C1C[C@@H]([NH+]2CC[NH+](CCO)CC2)C(=O)N1c1ccc(F)cc1. The van der Waals surface area contributed by atoms with E-state index in [1.807, 2.05) is 0 Å². The van der Waals surface area contributed by atoms with E-state index < -0.39 is 5.82 Å². The van der Waals surface area contributed by atoms with Crippen molar-refractivity contribution in [1.82, 2.24) is 0 Å². The third-order valence-electron chi connectivity index (χ3n) is 4.79. The van der Waals surface area contributed by atoms with Crippen LogP contribution in [0.5, 0.6) is 0 Å². The number of benzene rings is 1. The number of rotatable bonds is 4. The van der Waals surface area contributed by atoms with E-state index in [0.29, 0.717) is 5.69 Å². The third kappa shape index (κ3) is 3.26. The number of carbonyl (C=O) groups excluding carboxylic acids is 2. The highest BCUT2D eigenvalue weighted by Gasteiger charge is 2.46. The molecule has 3 rings (SSSR count). The molecule has 2 heterocycles. The van der Waals surface area contributed by atoms with Crippen LogP contribution in [0.4, 0.5) is 10.1 Å². The minimum atomic E-state index is -0.391. The molecule has 0 aliphatic carbocycles. The average Bonchev–Trinajstić information content (AvgIpc) is 2.84. The first-order chi connectivity index (χ1) is 11.1. The number of amides is 2. The second kappa shape index (κ2) is 6.74. The number of piperazine rings is 1. The van der Waals surface area contributed by atoms with Crippen molar-refractivity contribution >= 4 is 17.5 Å². The Bertz CT molecular complexity index is 585. The first-order valence-corrected chi connectivity index (χ1v) is 8.01. The van der Waals surface area contributed by atoms with E-state index in [4.69, 9.17) is 5.11 Å². The molecule has 6 nitrogen and oxygen atoms in total. The van der Waals surface area contributed by atoms with Crippen molar-refractivity contribution < 1.29 is 28.9 Å². The molecule has 124 valence electrons. The van der Waals surface area contributed by atoms with Gasteiger partial charge >= 0.3 is 0 Å². The van der Waals surface area contributed by atoms with E-state index >= 15 is 0 Å². The number of aliphatic hydroxyl groups excluding tert-OH is 1. The van der Waals surface area contributed by atoms with Gasteiger partial charge < -0.3 is 14.9 Å². The first-order valence-electron chi connectivity index (χ1n) is 8.01. The monoisotopic (exact) mass is 323 g/mol. The molecule has 2 saturated heterocycles. The van der Waals surface area contributed by atoms with Crippen LogP contribution in [0.1, 0.15) is 6.42 Å². The molecule has 1 atom stereocenters. The third-order valence-corrected chi connectivity index (χ3v) is 4.79. The molecule has 1 aromatic rings. The second-order valence-corrected chi connectivity index (χ2v) is 6.18. The van der Waals surface area contributed by atoms with Gasteiger partial charge in [0, 0.05) is 0 Å². The highest BCUT2D eigenvalue weighted by molar-refractivity contribution is 6.21. The molecule has 0 aromatic heterocycles. The lowest BCUT2D eigenvalue weighted by atomic mass is 10.1. The largest absolute Gasteiger partial charge is 0.391 e. The molecule has 2 aliphatic rings. The minimum absolute atomic E-state index is 0.170. The van der Waals surface area contributed by atoms with Crippen molar-refractivity contribution in [2.24, 2.45) is 0 Å². The number of quaternary nitrogens is 2. The van der Waals surface area contributed by atoms with Gasteiger partial charge in [-0.3, -0.25) is 9.59 Å². The molecule has 2 amide bonds. The number of nitrogens with zero attached hydrogens (tertiary/aromatic N) is 1. The molecule has 1 aromatic carbocycles. The number of anilines is 1. The van der Waals surface area contributed by atoms with E-state index in [1.165, 1.54) is 34.1 Å². The fourth-order valence-electron chi connectivity index (χ4n) is 3.49. The maximum atomic E-state index is 13.0. The average molecular weight is 323 g/mol. The van der Waals surface area contributed by atoms with Crippen LogP contribution in [-0.2, 0) is 9.59 Å². The minimum Gasteiger partial charge on any atom is -0.391 e. The maximum Gasteiger partial charge on any atom is 0.292 e. The summed E-state index contributed by atoms with van der Waals surface area (Å²) in [6, 6.07) is 5.10. The van der Waals surface area contributed by atoms with Crippen LogP contribution in [0.15, 0.2) is 24.3 Å². The van der Waals surface area contributed by atoms with Gasteiger partial charge in [0.25, 0.3) is 5.91 Å². The molecule has 3 N–H and O–H groups in total. The number of aliphatic hydroxyl groups is 1. The highest BCUT2D eigenvalue weighted by atomic mass is 19.1. The van der Waals surface area contributed by atoms with Crippen molar-refractivity contribution in [2.45, 2.75) is 12.5 Å². The molecule has 0 bridgehead atoms. The predicted octanol–water partition coefficient (Wildman–Crippen LogP) is -2.77. The van der Waals surface area contributed by atoms with Crippen LogP contribution in [0, 0.1) is 5.82 Å². The van der Waals surface area contributed by atoms with Gasteiger partial charge in [-0.15, -0.1) is 0 Å². The summed E-state index contributed by atoms with van der Waals surface area (Å²) in [6.07, 6.45) is 0.209. The number of imide groups is 1. The molecule has 0 saturated carbocycles. The summed E-state index contributed by atoms with van der Waals surface area (Å²) < 4.78 is 13.0. The van der Waals surface area contributed by atoms with E-state index in [0.717, 1.165) is 37.6 Å². The van der Waals surface area contributed by atoms with Gasteiger partial charge in [-0.25, -0.2) is 9.29 Å². The Morgan fingerprint density at radius 1 is 1.13 bits per heavy atom. The first kappa shape index (κ1) is 16.0. The molecular formula is C16H22FN3O3+2. The fourth-order valence-corrected chi connectivity index (χ4v) is 3.49. The van der Waals surface area contributed by atoms with Crippen LogP contribution >= 0.6 is 0 Å². The van der Waals surface area contributed by atoms with Gasteiger partial charge in [0.1, 0.15) is 38.5 Å². The molecule has 0 radical (unpaired) electrons. The molecule has 2 aliphatic heterocycles. The Kier molecular flexibility index (Phi) is 4.70. The lowest BCUT2D eigenvalue weighted by molar-refractivity contribution is -1.02. The van der Waals surface area contributed by atoms with Crippen LogP contribution < -0.4 is 14.7 Å². The molecule has 23 heavy (non-hydrogen) atoms. The second-order valence-electron chi connectivity index (χ2n) is 6.18. The van der Waals surface area contributed by atoms with Crippen molar-refractivity contribution in [2.75, 3.05) is 44.2 Å². The smallest absolute Gasteiger partial charge is 0.292 e. The Morgan fingerprint density at radius 2 is 1.78 bits per heavy atom. The topological polar surface area (TPSA) is 66.5 Å². The van der Waals surface area contributed by atoms with Crippen molar-refractivity contribution in [3.05, 3.63) is 30.1 Å². The van der Waals surface area contributed by atoms with Crippen molar-refractivity contribution in [3.8, 4) is 0 Å². The van der Waals surface area contributed by atoms with Crippen molar-refractivity contribution in [3.63, 3.8) is 0 Å².